The number of halogens is 1. The van der Waals surface area contributed by atoms with Crippen LogP contribution < -0.4 is 14.8 Å². The molecule has 0 spiro atoms. The number of rotatable bonds is 7. The van der Waals surface area contributed by atoms with Crippen LogP contribution in [0, 0.1) is 5.82 Å². The highest BCUT2D eigenvalue weighted by atomic mass is 19.1. The van der Waals surface area contributed by atoms with Crippen LogP contribution in [-0.2, 0) is 17.6 Å². The molecule has 0 unspecified atom stereocenters. The van der Waals surface area contributed by atoms with Gasteiger partial charge in [0.15, 0.2) is 11.5 Å². The van der Waals surface area contributed by atoms with Gasteiger partial charge in [-0.05, 0) is 54.7 Å². The Labute approximate surface area is 140 Å². The summed E-state index contributed by atoms with van der Waals surface area (Å²) in [6.07, 6.45) is 2.63. The summed E-state index contributed by atoms with van der Waals surface area (Å²) in [5.74, 6) is 1.29. The summed E-state index contributed by atoms with van der Waals surface area (Å²) in [6.45, 7) is 0.848. The summed E-state index contributed by atoms with van der Waals surface area (Å²) in [6, 6.07) is 12.3. The molecule has 24 heavy (non-hydrogen) atoms. The topological polar surface area (TPSA) is 47.6 Å². The average Bonchev–Trinajstić information content (AvgIpc) is 3.05. The SMILES string of the molecule is O=C(CCc1ccc2c(c1)OCO2)NCCCc1cccc(F)c1. The standard InChI is InChI=1S/C19H20FNO3/c20-16-5-1-3-14(11-16)4-2-10-21-19(22)9-7-15-6-8-17-18(12-15)24-13-23-17/h1,3,5-6,8,11-12H,2,4,7,9-10,13H2,(H,21,22). The fraction of sp³-hybridized carbons (Fsp3) is 0.316. The molecule has 1 amide bonds. The Bertz CT molecular complexity index is 718. The summed E-state index contributed by atoms with van der Waals surface area (Å²) in [5.41, 5.74) is 2.00. The molecule has 0 saturated carbocycles. The van der Waals surface area contributed by atoms with Crippen LogP contribution in [0.3, 0.4) is 0 Å². The van der Waals surface area contributed by atoms with Gasteiger partial charge in [-0.1, -0.05) is 18.2 Å². The number of aryl methyl sites for hydroxylation is 2. The maximum absolute atomic E-state index is 13.1. The van der Waals surface area contributed by atoms with Crippen LogP contribution in [0.4, 0.5) is 4.39 Å². The third-order valence-corrected chi connectivity index (χ3v) is 3.93. The van der Waals surface area contributed by atoms with Crippen LogP contribution in [0.2, 0.25) is 0 Å². The van der Waals surface area contributed by atoms with E-state index >= 15 is 0 Å². The van der Waals surface area contributed by atoms with Crippen LogP contribution in [0.1, 0.15) is 24.0 Å². The van der Waals surface area contributed by atoms with E-state index in [1.807, 2.05) is 24.3 Å². The lowest BCUT2D eigenvalue weighted by atomic mass is 10.1. The molecular weight excluding hydrogens is 309 g/mol. The van der Waals surface area contributed by atoms with Crippen molar-refractivity contribution in [2.24, 2.45) is 0 Å². The number of amides is 1. The first-order valence-electron chi connectivity index (χ1n) is 8.10. The Balaban J connectivity index is 1.35. The zero-order valence-electron chi connectivity index (χ0n) is 13.4. The number of ether oxygens (including phenoxy) is 2. The van der Waals surface area contributed by atoms with E-state index in [9.17, 15) is 9.18 Å². The second-order valence-electron chi connectivity index (χ2n) is 5.77. The van der Waals surface area contributed by atoms with E-state index in [4.69, 9.17) is 9.47 Å². The Morgan fingerprint density at radius 2 is 1.88 bits per heavy atom. The maximum atomic E-state index is 13.1. The smallest absolute Gasteiger partial charge is 0.231 e. The van der Waals surface area contributed by atoms with Gasteiger partial charge < -0.3 is 14.8 Å². The van der Waals surface area contributed by atoms with E-state index in [1.54, 1.807) is 6.07 Å². The predicted molar refractivity (Wildman–Crippen MR) is 88.6 cm³/mol. The summed E-state index contributed by atoms with van der Waals surface area (Å²) in [4.78, 5) is 11.9. The zero-order chi connectivity index (χ0) is 16.8. The molecule has 126 valence electrons. The summed E-state index contributed by atoms with van der Waals surface area (Å²) in [5, 5.41) is 2.90. The third-order valence-electron chi connectivity index (χ3n) is 3.93. The van der Waals surface area contributed by atoms with Crippen molar-refractivity contribution >= 4 is 5.91 Å². The number of nitrogens with one attached hydrogen (secondary N) is 1. The quantitative estimate of drug-likeness (QED) is 0.793. The number of hydrogen-bond donors (Lipinski definition) is 1. The van der Waals surface area contributed by atoms with Crippen molar-refractivity contribution < 1.29 is 18.7 Å². The van der Waals surface area contributed by atoms with Crippen molar-refractivity contribution in [1.29, 1.82) is 0 Å². The Morgan fingerprint density at radius 1 is 1.04 bits per heavy atom. The first kappa shape index (κ1) is 16.3. The Morgan fingerprint density at radius 3 is 2.75 bits per heavy atom. The average molecular weight is 329 g/mol. The highest BCUT2D eigenvalue weighted by Crippen LogP contribution is 2.32. The first-order chi connectivity index (χ1) is 11.7. The number of carbonyl (C=O) groups excluding carboxylic acids is 1. The van der Waals surface area contributed by atoms with E-state index in [1.165, 1.54) is 12.1 Å². The minimum absolute atomic E-state index is 0.0203. The van der Waals surface area contributed by atoms with E-state index in [2.05, 4.69) is 5.32 Å². The van der Waals surface area contributed by atoms with Crippen molar-refractivity contribution in [3.8, 4) is 11.5 Å². The number of benzene rings is 2. The van der Waals surface area contributed by atoms with Crippen LogP contribution in [0.5, 0.6) is 11.5 Å². The minimum atomic E-state index is -0.222. The summed E-state index contributed by atoms with van der Waals surface area (Å²) >= 11 is 0. The number of fused-ring (bicyclic) bond motifs is 1. The molecule has 1 heterocycles. The molecule has 0 radical (unpaired) electrons. The van der Waals surface area contributed by atoms with Gasteiger partial charge in [-0.2, -0.15) is 0 Å². The van der Waals surface area contributed by atoms with Crippen LogP contribution in [0.15, 0.2) is 42.5 Å². The largest absolute Gasteiger partial charge is 0.454 e. The lowest BCUT2D eigenvalue weighted by Crippen LogP contribution is -2.24. The van der Waals surface area contributed by atoms with Gasteiger partial charge in [0.2, 0.25) is 12.7 Å². The molecule has 3 rings (SSSR count). The molecule has 4 nitrogen and oxygen atoms in total. The van der Waals surface area contributed by atoms with Crippen molar-refractivity contribution in [1.82, 2.24) is 5.32 Å². The van der Waals surface area contributed by atoms with Gasteiger partial charge in [-0.15, -0.1) is 0 Å². The van der Waals surface area contributed by atoms with Crippen molar-refractivity contribution in [2.45, 2.75) is 25.7 Å². The van der Waals surface area contributed by atoms with Gasteiger partial charge in [-0.25, -0.2) is 4.39 Å². The zero-order valence-corrected chi connectivity index (χ0v) is 13.4. The molecule has 0 bridgehead atoms. The maximum Gasteiger partial charge on any atom is 0.231 e. The second kappa shape index (κ2) is 7.81. The molecule has 0 aromatic heterocycles. The van der Waals surface area contributed by atoms with E-state index in [-0.39, 0.29) is 18.5 Å². The fourth-order valence-corrected chi connectivity index (χ4v) is 2.66. The normalized spacial score (nSPS) is 12.2. The molecule has 1 aliphatic rings. The lowest BCUT2D eigenvalue weighted by molar-refractivity contribution is -0.121. The van der Waals surface area contributed by atoms with Crippen LogP contribution >= 0.6 is 0 Å². The van der Waals surface area contributed by atoms with Crippen molar-refractivity contribution in [2.75, 3.05) is 13.3 Å². The van der Waals surface area contributed by atoms with Crippen LogP contribution in [-0.4, -0.2) is 19.2 Å². The van der Waals surface area contributed by atoms with Crippen molar-refractivity contribution in [3.63, 3.8) is 0 Å². The highest BCUT2D eigenvalue weighted by Gasteiger charge is 2.13. The van der Waals surface area contributed by atoms with E-state index < -0.39 is 0 Å². The first-order valence-corrected chi connectivity index (χ1v) is 8.10. The molecule has 0 saturated heterocycles. The predicted octanol–water partition coefficient (Wildman–Crippen LogP) is 3.24. The number of hydrogen-bond acceptors (Lipinski definition) is 3. The Kier molecular flexibility index (Phi) is 5.31. The molecule has 2 aromatic carbocycles. The van der Waals surface area contributed by atoms with Gasteiger partial charge in [0, 0.05) is 13.0 Å². The molecule has 0 fully saturated rings. The highest BCUT2D eigenvalue weighted by molar-refractivity contribution is 5.76. The summed E-state index contributed by atoms with van der Waals surface area (Å²) < 4.78 is 23.7. The number of carbonyl (C=O) groups is 1. The van der Waals surface area contributed by atoms with Crippen LogP contribution in [0.25, 0.3) is 0 Å². The minimum Gasteiger partial charge on any atom is -0.454 e. The molecule has 2 aromatic rings. The fourth-order valence-electron chi connectivity index (χ4n) is 2.66. The molecule has 0 aliphatic carbocycles. The molecule has 0 atom stereocenters. The van der Waals surface area contributed by atoms with Gasteiger partial charge >= 0.3 is 0 Å². The van der Waals surface area contributed by atoms with E-state index in [0.717, 1.165) is 35.5 Å². The van der Waals surface area contributed by atoms with Crippen molar-refractivity contribution in [3.05, 3.63) is 59.4 Å². The third kappa shape index (κ3) is 4.47. The van der Waals surface area contributed by atoms with E-state index in [0.29, 0.717) is 19.4 Å². The Hall–Kier alpha value is -2.56. The molecule has 1 N–H and O–H groups in total. The van der Waals surface area contributed by atoms with Gasteiger partial charge in [0.25, 0.3) is 0 Å². The lowest BCUT2D eigenvalue weighted by Gasteiger charge is -2.06. The van der Waals surface area contributed by atoms with Gasteiger partial charge in [-0.3, -0.25) is 4.79 Å². The second-order valence-corrected chi connectivity index (χ2v) is 5.77. The van der Waals surface area contributed by atoms with Gasteiger partial charge in [0.1, 0.15) is 5.82 Å². The molecule has 5 heteroatoms. The molecule has 1 aliphatic heterocycles. The molecular formula is C19H20FNO3. The summed E-state index contributed by atoms with van der Waals surface area (Å²) in [7, 11) is 0. The monoisotopic (exact) mass is 329 g/mol. The van der Waals surface area contributed by atoms with Gasteiger partial charge in [0.05, 0.1) is 0 Å².